The Balaban J connectivity index is 2.53. The van der Waals surface area contributed by atoms with Crippen molar-refractivity contribution in [1.82, 2.24) is 4.57 Å². The van der Waals surface area contributed by atoms with Crippen molar-refractivity contribution in [2.45, 2.75) is 37.0 Å². The standard InChI is InChI=1S/C13H17NO4S/c1-19-11-5-3-2-4-9(11)14-10(13(17)18)6-8(15)7-12(14)16/h6-7,9,11,15H,2-5H2,1H3,(H,17,18). The van der Waals surface area contributed by atoms with Crippen LogP contribution < -0.4 is 5.56 Å². The predicted molar refractivity (Wildman–Crippen MR) is 74.1 cm³/mol. The van der Waals surface area contributed by atoms with Crippen molar-refractivity contribution in [3.8, 4) is 5.75 Å². The zero-order valence-electron chi connectivity index (χ0n) is 10.7. The zero-order valence-corrected chi connectivity index (χ0v) is 11.5. The summed E-state index contributed by atoms with van der Waals surface area (Å²) in [6.07, 6.45) is 5.87. The number of hydrogen-bond donors (Lipinski definition) is 2. The lowest BCUT2D eigenvalue weighted by molar-refractivity contribution is 0.0678. The van der Waals surface area contributed by atoms with E-state index in [0.717, 1.165) is 37.8 Å². The Morgan fingerprint density at radius 1 is 1.37 bits per heavy atom. The minimum absolute atomic E-state index is 0.108. The Bertz CT molecular complexity index is 540. The van der Waals surface area contributed by atoms with Crippen LogP contribution in [0.2, 0.25) is 0 Å². The van der Waals surface area contributed by atoms with Crippen LogP contribution >= 0.6 is 11.8 Å². The van der Waals surface area contributed by atoms with E-state index in [9.17, 15) is 19.8 Å². The van der Waals surface area contributed by atoms with Gasteiger partial charge >= 0.3 is 5.97 Å². The maximum atomic E-state index is 12.1. The van der Waals surface area contributed by atoms with Crippen molar-refractivity contribution in [1.29, 1.82) is 0 Å². The summed E-state index contributed by atoms with van der Waals surface area (Å²) in [6, 6.07) is 2.12. The zero-order chi connectivity index (χ0) is 14.0. The number of carboxylic acid groups (broad SMARTS) is 1. The third-order valence-corrected chi connectivity index (χ3v) is 4.73. The molecule has 0 spiro atoms. The summed E-state index contributed by atoms with van der Waals surface area (Å²) >= 11 is 1.67. The Kier molecular flexibility index (Phi) is 4.19. The molecule has 1 aliphatic rings. The van der Waals surface area contributed by atoms with Gasteiger partial charge in [-0.05, 0) is 19.1 Å². The fourth-order valence-electron chi connectivity index (χ4n) is 2.72. The average molecular weight is 283 g/mol. The first-order valence-electron chi connectivity index (χ1n) is 6.26. The van der Waals surface area contributed by atoms with Gasteiger partial charge < -0.3 is 10.2 Å². The number of carboxylic acids is 1. The molecule has 1 fully saturated rings. The molecule has 0 bridgehead atoms. The summed E-state index contributed by atoms with van der Waals surface area (Å²) in [5.74, 6) is -1.48. The summed E-state index contributed by atoms with van der Waals surface area (Å²) in [5, 5.41) is 18.9. The molecule has 104 valence electrons. The molecular weight excluding hydrogens is 266 g/mol. The number of nitrogens with zero attached hydrogens (tertiary/aromatic N) is 1. The smallest absolute Gasteiger partial charge is 0.352 e. The van der Waals surface area contributed by atoms with Crippen LogP contribution in [0.3, 0.4) is 0 Å². The number of hydrogen-bond acceptors (Lipinski definition) is 4. The van der Waals surface area contributed by atoms with Crippen LogP contribution in [0.1, 0.15) is 42.2 Å². The number of pyridine rings is 1. The van der Waals surface area contributed by atoms with E-state index in [1.807, 2.05) is 6.26 Å². The minimum Gasteiger partial charge on any atom is -0.508 e. The maximum Gasteiger partial charge on any atom is 0.352 e. The van der Waals surface area contributed by atoms with Gasteiger partial charge in [-0.3, -0.25) is 9.36 Å². The summed E-state index contributed by atoms with van der Waals surface area (Å²) in [4.78, 5) is 23.3. The van der Waals surface area contributed by atoms with Crippen molar-refractivity contribution in [2.75, 3.05) is 6.26 Å². The molecule has 0 aromatic carbocycles. The molecule has 2 N–H and O–H groups in total. The number of rotatable bonds is 3. The Morgan fingerprint density at radius 3 is 2.68 bits per heavy atom. The lowest BCUT2D eigenvalue weighted by atomic mass is 9.94. The maximum absolute atomic E-state index is 12.1. The van der Waals surface area contributed by atoms with Gasteiger partial charge in [-0.2, -0.15) is 11.8 Å². The summed E-state index contributed by atoms with van der Waals surface area (Å²) in [7, 11) is 0. The molecule has 5 nitrogen and oxygen atoms in total. The summed E-state index contributed by atoms with van der Waals surface area (Å²) in [6.45, 7) is 0. The molecular formula is C13H17NO4S. The number of aromatic nitrogens is 1. The first-order valence-corrected chi connectivity index (χ1v) is 7.55. The van der Waals surface area contributed by atoms with Gasteiger partial charge in [-0.1, -0.05) is 12.8 Å². The Morgan fingerprint density at radius 2 is 2.05 bits per heavy atom. The van der Waals surface area contributed by atoms with E-state index >= 15 is 0 Å². The van der Waals surface area contributed by atoms with Crippen LogP contribution in [0.5, 0.6) is 5.75 Å². The lowest BCUT2D eigenvalue weighted by Gasteiger charge is -2.32. The molecule has 1 aliphatic carbocycles. The van der Waals surface area contributed by atoms with Crippen molar-refractivity contribution < 1.29 is 15.0 Å². The number of carbonyl (C=O) groups is 1. The number of aromatic carboxylic acids is 1. The first-order chi connectivity index (χ1) is 9.04. The third-order valence-electron chi connectivity index (χ3n) is 3.57. The minimum atomic E-state index is -1.18. The molecule has 1 saturated carbocycles. The Hall–Kier alpha value is -1.43. The van der Waals surface area contributed by atoms with Crippen LogP contribution in [-0.4, -0.2) is 32.3 Å². The van der Waals surface area contributed by atoms with E-state index in [-0.39, 0.29) is 22.7 Å². The largest absolute Gasteiger partial charge is 0.508 e. The first kappa shape index (κ1) is 14.0. The van der Waals surface area contributed by atoms with E-state index in [2.05, 4.69) is 0 Å². The molecule has 1 heterocycles. The molecule has 2 atom stereocenters. The molecule has 1 aromatic heterocycles. The fraction of sp³-hybridized carbons (Fsp3) is 0.538. The van der Waals surface area contributed by atoms with Crippen LogP contribution in [0.25, 0.3) is 0 Å². The monoisotopic (exact) mass is 283 g/mol. The van der Waals surface area contributed by atoms with Gasteiger partial charge in [0.1, 0.15) is 11.4 Å². The molecule has 2 rings (SSSR count). The van der Waals surface area contributed by atoms with E-state index in [4.69, 9.17) is 0 Å². The molecule has 6 heteroatoms. The lowest BCUT2D eigenvalue weighted by Crippen LogP contribution is -2.35. The van der Waals surface area contributed by atoms with Gasteiger partial charge in [-0.15, -0.1) is 0 Å². The highest BCUT2D eigenvalue weighted by atomic mass is 32.2. The molecule has 0 radical (unpaired) electrons. The highest BCUT2D eigenvalue weighted by Gasteiger charge is 2.29. The normalized spacial score (nSPS) is 23.2. The van der Waals surface area contributed by atoms with Gasteiger partial charge in [0.2, 0.25) is 0 Å². The SMILES string of the molecule is CSC1CCCCC1n1c(C(=O)O)cc(O)cc1=O. The second-order valence-electron chi connectivity index (χ2n) is 4.74. The fourth-order valence-corrected chi connectivity index (χ4v) is 3.69. The van der Waals surface area contributed by atoms with Crippen LogP contribution in [-0.2, 0) is 0 Å². The topological polar surface area (TPSA) is 79.5 Å². The highest BCUT2D eigenvalue weighted by molar-refractivity contribution is 7.99. The Labute approximate surface area is 115 Å². The van der Waals surface area contributed by atoms with Gasteiger partial charge in [-0.25, -0.2) is 4.79 Å². The van der Waals surface area contributed by atoms with Gasteiger partial charge in [0.25, 0.3) is 5.56 Å². The molecule has 1 aromatic rings. The average Bonchev–Trinajstić information content (AvgIpc) is 2.38. The van der Waals surface area contributed by atoms with Crippen molar-refractivity contribution >= 4 is 17.7 Å². The van der Waals surface area contributed by atoms with Gasteiger partial charge in [0.15, 0.2) is 0 Å². The van der Waals surface area contributed by atoms with E-state index < -0.39 is 11.5 Å². The second kappa shape index (κ2) is 5.69. The molecule has 0 amide bonds. The summed E-state index contributed by atoms with van der Waals surface area (Å²) < 4.78 is 1.34. The molecule has 0 saturated heterocycles. The highest BCUT2D eigenvalue weighted by Crippen LogP contribution is 2.35. The van der Waals surface area contributed by atoms with Crippen LogP contribution in [0.15, 0.2) is 16.9 Å². The van der Waals surface area contributed by atoms with Gasteiger partial charge in [0, 0.05) is 23.4 Å². The second-order valence-corrected chi connectivity index (χ2v) is 5.82. The van der Waals surface area contributed by atoms with E-state index in [1.54, 1.807) is 11.8 Å². The van der Waals surface area contributed by atoms with Gasteiger partial charge in [0.05, 0.1) is 0 Å². The third kappa shape index (κ3) is 2.78. The van der Waals surface area contributed by atoms with Crippen molar-refractivity contribution in [3.05, 3.63) is 28.2 Å². The molecule has 2 unspecified atom stereocenters. The summed E-state index contributed by atoms with van der Waals surface area (Å²) in [5.41, 5.74) is -0.570. The van der Waals surface area contributed by atoms with Crippen LogP contribution in [0.4, 0.5) is 0 Å². The van der Waals surface area contributed by atoms with Crippen molar-refractivity contribution in [2.24, 2.45) is 0 Å². The predicted octanol–water partition coefficient (Wildman–Crippen LogP) is 2.10. The molecule has 0 aliphatic heterocycles. The van der Waals surface area contributed by atoms with E-state index in [1.165, 1.54) is 4.57 Å². The van der Waals surface area contributed by atoms with Crippen molar-refractivity contribution in [3.63, 3.8) is 0 Å². The number of thioether (sulfide) groups is 1. The molecule has 19 heavy (non-hydrogen) atoms. The quantitative estimate of drug-likeness (QED) is 0.888. The van der Waals surface area contributed by atoms with Crippen LogP contribution in [0, 0.1) is 0 Å². The number of aromatic hydroxyl groups is 1. The van der Waals surface area contributed by atoms with E-state index in [0.29, 0.717) is 0 Å².